The van der Waals surface area contributed by atoms with Crippen LogP contribution in [0.25, 0.3) is 11.1 Å². The van der Waals surface area contributed by atoms with Crippen molar-refractivity contribution in [1.29, 1.82) is 0 Å². The minimum atomic E-state index is -3.66. The molecule has 6 nitrogen and oxygen atoms in total. The number of H-pyrrole nitrogens is 1. The van der Waals surface area contributed by atoms with Crippen LogP contribution in [0.5, 0.6) is 0 Å². The molecule has 0 amide bonds. The van der Waals surface area contributed by atoms with Crippen LogP contribution in [0, 0.1) is 0 Å². The Labute approximate surface area is 143 Å². The van der Waals surface area contributed by atoms with Gasteiger partial charge in [-0.05, 0) is 42.7 Å². The molecule has 0 spiro atoms. The number of fused-ring (bicyclic) bond motifs is 1. The molecule has 3 rings (SSSR count). The molecule has 0 aliphatic heterocycles. The molecule has 0 bridgehead atoms. The molecule has 0 aliphatic rings. The molecule has 0 aliphatic carbocycles. The molecule has 0 saturated heterocycles. The van der Waals surface area contributed by atoms with Gasteiger partial charge < -0.3 is 4.42 Å². The Bertz CT molecular complexity index is 1020. The molecule has 0 fully saturated rings. The summed E-state index contributed by atoms with van der Waals surface area (Å²) in [5.74, 6) is -0.617. The van der Waals surface area contributed by atoms with E-state index < -0.39 is 15.8 Å². The number of aromatic nitrogens is 1. The molecule has 3 aromatic rings. The number of oxazole rings is 1. The van der Waals surface area contributed by atoms with Crippen molar-refractivity contribution in [1.82, 2.24) is 9.71 Å². The van der Waals surface area contributed by atoms with Crippen LogP contribution < -0.4 is 10.5 Å². The molecule has 1 aromatic heterocycles. The van der Waals surface area contributed by atoms with E-state index in [9.17, 15) is 13.2 Å². The lowest BCUT2D eigenvalue weighted by molar-refractivity contribution is 0.553. The Morgan fingerprint density at radius 2 is 2.00 bits per heavy atom. The lowest BCUT2D eigenvalue weighted by Crippen LogP contribution is -2.25. The number of hydrogen-bond donors (Lipinski definition) is 2. The summed E-state index contributed by atoms with van der Waals surface area (Å²) in [6.07, 6.45) is 1.36. The molecular weight excluding hydrogens is 352 g/mol. The zero-order valence-corrected chi connectivity index (χ0v) is 14.2. The van der Waals surface area contributed by atoms with Gasteiger partial charge in [-0.25, -0.2) is 17.9 Å². The van der Waals surface area contributed by atoms with Gasteiger partial charge in [-0.3, -0.25) is 4.98 Å². The van der Waals surface area contributed by atoms with Crippen molar-refractivity contribution in [2.24, 2.45) is 0 Å². The summed E-state index contributed by atoms with van der Waals surface area (Å²) in [6.45, 7) is 0.296. The van der Waals surface area contributed by atoms with Crippen molar-refractivity contribution in [2.45, 2.75) is 17.7 Å². The van der Waals surface area contributed by atoms with Crippen LogP contribution in [-0.4, -0.2) is 19.9 Å². The van der Waals surface area contributed by atoms with Crippen molar-refractivity contribution in [3.05, 3.63) is 63.6 Å². The molecule has 1 heterocycles. The number of aromatic amines is 1. The number of nitrogens with one attached hydrogen (secondary N) is 2. The molecule has 0 saturated carbocycles. The average molecular weight is 367 g/mol. The second-order valence-corrected chi connectivity index (χ2v) is 7.51. The first-order chi connectivity index (χ1) is 11.4. The van der Waals surface area contributed by atoms with Gasteiger partial charge in [0.1, 0.15) is 0 Å². The number of halogens is 1. The van der Waals surface area contributed by atoms with Crippen molar-refractivity contribution >= 4 is 32.7 Å². The topological polar surface area (TPSA) is 92.2 Å². The highest BCUT2D eigenvalue weighted by Gasteiger charge is 2.15. The van der Waals surface area contributed by atoms with E-state index in [1.165, 1.54) is 18.2 Å². The maximum absolute atomic E-state index is 12.3. The van der Waals surface area contributed by atoms with Crippen molar-refractivity contribution in [2.75, 3.05) is 6.54 Å². The van der Waals surface area contributed by atoms with Gasteiger partial charge in [0.05, 0.1) is 10.4 Å². The largest absolute Gasteiger partial charge is 0.417 e. The first-order valence-electron chi connectivity index (χ1n) is 7.31. The number of hydrogen-bond acceptors (Lipinski definition) is 4. The quantitative estimate of drug-likeness (QED) is 0.656. The van der Waals surface area contributed by atoms with E-state index in [4.69, 9.17) is 16.0 Å². The maximum Gasteiger partial charge on any atom is 0.417 e. The van der Waals surface area contributed by atoms with Gasteiger partial charge in [-0.1, -0.05) is 23.7 Å². The lowest BCUT2D eigenvalue weighted by Gasteiger charge is -2.07. The molecule has 2 aromatic carbocycles. The van der Waals surface area contributed by atoms with Gasteiger partial charge in [-0.15, -0.1) is 0 Å². The van der Waals surface area contributed by atoms with E-state index in [0.29, 0.717) is 23.5 Å². The summed E-state index contributed by atoms with van der Waals surface area (Å²) in [4.78, 5) is 13.6. The predicted octanol–water partition coefficient (Wildman–Crippen LogP) is 2.69. The van der Waals surface area contributed by atoms with E-state index in [1.54, 1.807) is 6.07 Å². The average Bonchev–Trinajstić information content (AvgIpc) is 2.91. The van der Waals surface area contributed by atoms with E-state index in [-0.39, 0.29) is 10.5 Å². The highest BCUT2D eigenvalue weighted by molar-refractivity contribution is 7.89. The van der Waals surface area contributed by atoms with Crippen molar-refractivity contribution in [3.63, 3.8) is 0 Å². The molecule has 24 heavy (non-hydrogen) atoms. The van der Waals surface area contributed by atoms with E-state index in [0.717, 1.165) is 12.0 Å². The van der Waals surface area contributed by atoms with Crippen molar-refractivity contribution < 1.29 is 12.8 Å². The second-order valence-electron chi connectivity index (χ2n) is 5.30. The van der Waals surface area contributed by atoms with Crippen molar-refractivity contribution in [3.8, 4) is 0 Å². The van der Waals surface area contributed by atoms with Gasteiger partial charge >= 0.3 is 5.76 Å². The Morgan fingerprint density at radius 3 is 2.79 bits per heavy atom. The van der Waals surface area contributed by atoms with E-state index in [1.807, 2.05) is 18.2 Å². The fourth-order valence-electron chi connectivity index (χ4n) is 2.37. The third-order valence-corrected chi connectivity index (χ3v) is 5.22. The summed E-state index contributed by atoms with van der Waals surface area (Å²) in [5, 5.41) is 0.661. The van der Waals surface area contributed by atoms with Gasteiger partial charge in [-0.2, -0.15) is 0 Å². The molecule has 126 valence electrons. The third kappa shape index (κ3) is 3.87. The summed E-state index contributed by atoms with van der Waals surface area (Å²) in [6, 6.07) is 11.7. The number of aryl methyl sites for hydroxylation is 1. The first kappa shape index (κ1) is 16.8. The van der Waals surface area contributed by atoms with Gasteiger partial charge in [0.15, 0.2) is 5.58 Å². The second kappa shape index (κ2) is 6.80. The van der Waals surface area contributed by atoms with Crippen LogP contribution in [0.2, 0.25) is 5.02 Å². The maximum atomic E-state index is 12.3. The number of benzene rings is 2. The van der Waals surface area contributed by atoms with Gasteiger partial charge in [0, 0.05) is 17.6 Å². The summed E-state index contributed by atoms with van der Waals surface area (Å²) in [5.41, 5.74) is 1.72. The van der Waals surface area contributed by atoms with E-state index >= 15 is 0 Å². The van der Waals surface area contributed by atoms with Gasteiger partial charge in [0.2, 0.25) is 10.0 Å². The van der Waals surface area contributed by atoms with Crippen LogP contribution in [0.1, 0.15) is 12.0 Å². The lowest BCUT2D eigenvalue weighted by atomic mass is 10.1. The van der Waals surface area contributed by atoms with Crippen LogP contribution in [-0.2, 0) is 16.4 Å². The molecule has 2 N–H and O–H groups in total. The fraction of sp³-hybridized carbons (Fsp3) is 0.188. The Hall–Kier alpha value is -2.09. The van der Waals surface area contributed by atoms with Crippen LogP contribution in [0.3, 0.4) is 0 Å². The molecule has 0 radical (unpaired) electrons. The predicted molar refractivity (Wildman–Crippen MR) is 91.8 cm³/mol. The third-order valence-electron chi connectivity index (χ3n) is 3.53. The summed E-state index contributed by atoms with van der Waals surface area (Å²) >= 11 is 5.91. The Balaban J connectivity index is 1.63. The van der Waals surface area contributed by atoms with Gasteiger partial charge in [0.25, 0.3) is 0 Å². The molecule has 0 unspecified atom stereocenters. The van der Waals surface area contributed by atoms with Crippen LogP contribution >= 0.6 is 11.6 Å². The number of sulfonamides is 1. The minimum Gasteiger partial charge on any atom is -0.408 e. The summed E-state index contributed by atoms with van der Waals surface area (Å²) in [7, 11) is -3.66. The highest BCUT2D eigenvalue weighted by atomic mass is 35.5. The molecule has 8 heteroatoms. The fourth-order valence-corrected chi connectivity index (χ4v) is 3.67. The Kier molecular flexibility index (Phi) is 4.75. The Morgan fingerprint density at radius 1 is 1.17 bits per heavy atom. The highest BCUT2D eigenvalue weighted by Crippen LogP contribution is 2.16. The molecule has 0 atom stereocenters. The first-order valence-corrected chi connectivity index (χ1v) is 9.17. The van der Waals surface area contributed by atoms with Crippen LogP contribution in [0.4, 0.5) is 0 Å². The monoisotopic (exact) mass is 366 g/mol. The van der Waals surface area contributed by atoms with Crippen LogP contribution in [0.15, 0.2) is 56.6 Å². The summed E-state index contributed by atoms with van der Waals surface area (Å²) < 4.78 is 32.0. The zero-order chi connectivity index (χ0) is 17.2. The number of rotatable bonds is 6. The zero-order valence-electron chi connectivity index (χ0n) is 12.6. The van der Waals surface area contributed by atoms with E-state index in [2.05, 4.69) is 9.71 Å². The molecular formula is C16H15ClN2O4S. The standard InChI is InChI=1S/C16H15ClN2O4S/c17-12-5-1-3-11(9-12)4-2-8-18-24(21,22)13-6-7-14-15(10-13)23-16(20)19-14/h1,3,5-7,9-10,18H,2,4,8H2,(H,19,20). The SMILES string of the molecule is O=c1[nH]c2ccc(S(=O)(=O)NCCCc3cccc(Cl)c3)cc2o1. The normalized spacial score (nSPS) is 11.9. The minimum absolute atomic E-state index is 0.0560. The smallest absolute Gasteiger partial charge is 0.408 e.